The van der Waals surface area contributed by atoms with Crippen molar-refractivity contribution >= 4 is 22.1 Å². The molecular formula is C25H29N7O3S. The van der Waals surface area contributed by atoms with E-state index in [4.69, 9.17) is 0 Å². The van der Waals surface area contributed by atoms with E-state index in [1.165, 1.54) is 5.56 Å². The van der Waals surface area contributed by atoms with Gasteiger partial charge in [-0.1, -0.05) is 27.8 Å². The van der Waals surface area contributed by atoms with Crippen LogP contribution in [0.2, 0.25) is 0 Å². The van der Waals surface area contributed by atoms with E-state index in [0.29, 0.717) is 18.9 Å². The summed E-state index contributed by atoms with van der Waals surface area (Å²) < 4.78 is 26.8. The van der Waals surface area contributed by atoms with Gasteiger partial charge in [0, 0.05) is 25.0 Å². The van der Waals surface area contributed by atoms with Crippen LogP contribution < -0.4 is 4.90 Å². The average molecular weight is 508 g/mol. The van der Waals surface area contributed by atoms with Gasteiger partial charge in [0.2, 0.25) is 0 Å². The van der Waals surface area contributed by atoms with Crippen LogP contribution in [0.25, 0.3) is 0 Å². The zero-order valence-corrected chi connectivity index (χ0v) is 20.8. The molecule has 0 bridgehead atoms. The highest BCUT2D eigenvalue weighted by Crippen LogP contribution is 2.33. The maximum Gasteiger partial charge on any atom is 0.319 e. The summed E-state index contributed by atoms with van der Waals surface area (Å²) in [5, 5.41) is 8.59. The highest BCUT2D eigenvalue weighted by Gasteiger charge is 2.31. The third kappa shape index (κ3) is 5.85. The van der Waals surface area contributed by atoms with E-state index in [-0.39, 0.29) is 0 Å². The molecule has 0 spiro atoms. The van der Waals surface area contributed by atoms with Crippen molar-refractivity contribution in [1.29, 1.82) is 0 Å². The van der Waals surface area contributed by atoms with Gasteiger partial charge in [-0.2, -0.15) is 8.42 Å². The SMILES string of the molecule is O=C(N=S(=O)=O)[C@@H]1CCCN1c1cccc(C2CCN(Cc3cn(Cc4ccccn4)nn3)CC2)c1. The first-order valence-electron chi connectivity index (χ1n) is 12.3. The summed E-state index contributed by atoms with van der Waals surface area (Å²) in [5.41, 5.74) is 4.13. The molecular weight excluding hydrogens is 478 g/mol. The molecule has 0 saturated carbocycles. The Bertz CT molecular complexity index is 1330. The molecule has 1 aromatic carbocycles. The Morgan fingerprint density at radius 2 is 1.86 bits per heavy atom. The van der Waals surface area contributed by atoms with Crippen LogP contribution >= 0.6 is 0 Å². The van der Waals surface area contributed by atoms with Gasteiger partial charge in [-0.05, 0) is 74.5 Å². The lowest BCUT2D eigenvalue weighted by Crippen LogP contribution is -2.35. The minimum absolute atomic E-state index is 0.441. The van der Waals surface area contributed by atoms with Crippen molar-refractivity contribution in [2.24, 2.45) is 4.36 Å². The van der Waals surface area contributed by atoms with E-state index in [1.54, 1.807) is 6.20 Å². The van der Waals surface area contributed by atoms with E-state index in [0.717, 1.165) is 62.5 Å². The molecule has 2 saturated heterocycles. The van der Waals surface area contributed by atoms with Crippen LogP contribution in [0.3, 0.4) is 0 Å². The minimum atomic E-state index is -2.72. The van der Waals surface area contributed by atoms with Crippen molar-refractivity contribution in [3.63, 3.8) is 0 Å². The molecule has 4 heterocycles. The number of nitrogens with zero attached hydrogens (tertiary/aromatic N) is 7. The normalized spacial score (nSPS) is 18.9. The summed E-state index contributed by atoms with van der Waals surface area (Å²) in [7, 11) is -2.72. The predicted molar refractivity (Wildman–Crippen MR) is 134 cm³/mol. The number of likely N-dealkylation sites (tertiary alicyclic amines) is 1. The lowest BCUT2D eigenvalue weighted by molar-refractivity contribution is -0.118. The second kappa shape index (κ2) is 11.1. The number of carbonyl (C=O) groups excluding carboxylic acids is 1. The number of benzene rings is 1. The fourth-order valence-electron chi connectivity index (χ4n) is 5.22. The van der Waals surface area contributed by atoms with Crippen LogP contribution in [-0.4, -0.2) is 64.9 Å². The Hall–Kier alpha value is -3.44. The van der Waals surface area contributed by atoms with Gasteiger partial charge in [0.1, 0.15) is 6.04 Å². The molecule has 2 aromatic heterocycles. The molecule has 3 aromatic rings. The molecule has 0 radical (unpaired) electrons. The molecule has 1 amide bonds. The standard InChI is InChI=1S/C25H29N7O3S/c33-25(28-36(34)35)24-8-4-12-32(24)23-7-3-5-20(15-23)19-9-13-30(14-10-19)16-22-18-31(29-27-22)17-21-6-1-2-11-26-21/h1-3,5-7,11,15,18-19,24H,4,8-10,12-14,16-17H2/t24-/m0/s1. The van der Waals surface area contributed by atoms with Gasteiger partial charge in [-0.3, -0.25) is 14.7 Å². The first-order valence-corrected chi connectivity index (χ1v) is 13.3. The van der Waals surface area contributed by atoms with Gasteiger partial charge in [0.05, 0.1) is 24.1 Å². The van der Waals surface area contributed by atoms with Gasteiger partial charge in [0.25, 0.3) is 5.91 Å². The Labute approximate surface area is 211 Å². The van der Waals surface area contributed by atoms with E-state index in [1.807, 2.05) is 46.1 Å². The number of hydrogen-bond donors (Lipinski definition) is 0. The molecule has 5 rings (SSSR count). The average Bonchev–Trinajstić information content (AvgIpc) is 3.55. The molecule has 11 heteroatoms. The zero-order valence-electron chi connectivity index (χ0n) is 20.0. The van der Waals surface area contributed by atoms with Crippen molar-refractivity contribution in [3.05, 3.63) is 71.8 Å². The quantitative estimate of drug-likeness (QED) is 0.480. The number of amides is 1. The molecule has 2 fully saturated rings. The summed E-state index contributed by atoms with van der Waals surface area (Å²) in [5.74, 6) is -0.145. The number of pyridine rings is 1. The topological polar surface area (TPSA) is 114 Å². The minimum Gasteiger partial charge on any atom is -0.359 e. The van der Waals surface area contributed by atoms with Crippen molar-refractivity contribution < 1.29 is 13.2 Å². The molecule has 2 aliphatic rings. The Kier molecular flexibility index (Phi) is 7.47. The second-order valence-corrected chi connectivity index (χ2v) is 9.99. The summed E-state index contributed by atoms with van der Waals surface area (Å²) in [6, 6.07) is 13.7. The number of carbonyl (C=O) groups is 1. The molecule has 188 valence electrons. The van der Waals surface area contributed by atoms with Crippen molar-refractivity contribution in [3.8, 4) is 0 Å². The molecule has 0 aliphatic carbocycles. The highest BCUT2D eigenvalue weighted by atomic mass is 32.2. The monoisotopic (exact) mass is 507 g/mol. The number of hydrogen-bond acceptors (Lipinski definition) is 8. The van der Waals surface area contributed by atoms with E-state index in [9.17, 15) is 13.2 Å². The van der Waals surface area contributed by atoms with Crippen LogP contribution in [0.1, 0.15) is 48.6 Å². The largest absolute Gasteiger partial charge is 0.359 e. The highest BCUT2D eigenvalue weighted by molar-refractivity contribution is 7.62. The van der Waals surface area contributed by atoms with Gasteiger partial charge in [-0.15, -0.1) is 5.10 Å². The zero-order chi connectivity index (χ0) is 24.9. The number of piperidine rings is 1. The fourth-order valence-corrected chi connectivity index (χ4v) is 5.49. The molecule has 2 aliphatic heterocycles. The maximum absolute atomic E-state index is 12.3. The number of anilines is 1. The maximum atomic E-state index is 12.3. The van der Waals surface area contributed by atoms with Crippen molar-refractivity contribution in [2.45, 2.75) is 50.7 Å². The van der Waals surface area contributed by atoms with E-state index < -0.39 is 22.4 Å². The van der Waals surface area contributed by atoms with Crippen LogP contribution in [-0.2, 0) is 28.4 Å². The van der Waals surface area contributed by atoms with E-state index >= 15 is 0 Å². The molecule has 0 N–H and O–H groups in total. The first kappa shape index (κ1) is 24.3. The summed E-state index contributed by atoms with van der Waals surface area (Å²) in [6.45, 7) is 4.05. The van der Waals surface area contributed by atoms with Gasteiger partial charge in [0.15, 0.2) is 0 Å². The lowest BCUT2D eigenvalue weighted by Gasteiger charge is -2.32. The van der Waals surface area contributed by atoms with Gasteiger partial charge >= 0.3 is 10.5 Å². The first-order chi connectivity index (χ1) is 17.5. The third-order valence-electron chi connectivity index (χ3n) is 6.99. The fraction of sp³-hybridized carbons (Fsp3) is 0.440. The molecule has 1 atom stereocenters. The summed E-state index contributed by atoms with van der Waals surface area (Å²) in [4.78, 5) is 21.0. The van der Waals surface area contributed by atoms with E-state index in [2.05, 4.69) is 36.7 Å². The van der Waals surface area contributed by atoms with Crippen LogP contribution in [0, 0.1) is 0 Å². The molecule has 10 nitrogen and oxygen atoms in total. The van der Waals surface area contributed by atoms with Crippen LogP contribution in [0.4, 0.5) is 5.69 Å². The van der Waals surface area contributed by atoms with Crippen LogP contribution in [0.15, 0.2) is 59.2 Å². The number of rotatable bonds is 7. The summed E-state index contributed by atoms with van der Waals surface area (Å²) in [6.07, 6.45) is 7.31. The van der Waals surface area contributed by atoms with Crippen LogP contribution in [0.5, 0.6) is 0 Å². The third-order valence-corrected chi connectivity index (χ3v) is 7.31. The number of aromatic nitrogens is 4. The van der Waals surface area contributed by atoms with Crippen molar-refractivity contribution in [1.82, 2.24) is 24.9 Å². The molecule has 0 unspecified atom stereocenters. The lowest BCUT2D eigenvalue weighted by atomic mass is 9.89. The van der Waals surface area contributed by atoms with Crippen molar-refractivity contribution in [2.75, 3.05) is 24.5 Å². The Morgan fingerprint density at radius 3 is 2.64 bits per heavy atom. The Balaban J connectivity index is 1.17. The summed E-state index contributed by atoms with van der Waals surface area (Å²) >= 11 is 0. The van der Waals surface area contributed by atoms with Gasteiger partial charge < -0.3 is 4.90 Å². The molecule has 36 heavy (non-hydrogen) atoms. The predicted octanol–water partition coefficient (Wildman–Crippen LogP) is 2.66. The van der Waals surface area contributed by atoms with Gasteiger partial charge in [-0.25, -0.2) is 4.68 Å². The smallest absolute Gasteiger partial charge is 0.319 e. The Morgan fingerprint density at radius 1 is 1.00 bits per heavy atom. The second-order valence-electron chi connectivity index (χ2n) is 9.37.